The van der Waals surface area contributed by atoms with E-state index < -0.39 is 0 Å². The van der Waals surface area contributed by atoms with E-state index in [2.05, 4.69) is 198 Å². The summed E-state index contributed by atoms with van der Waals surface area (Å²) >= 11 is 0. The van der Waals surface area contributed by atoms with Crippen molar-refractivity contribution >= 4 is 0 Å². The van der Waals surface area contributed by atoms with Crippen LogP contribution >= 0.6 is 0 Å². The van der Waals surface area contributed by atoms with Crippen LogP contribution in [0.5, 0.6) is 0 Å². The highest BCUT2D eigenvalue weighted by atomic mass is 14.8. The Morgan fingerprint density at radius 3 is 1.34 bits per heavy atom. The van der Waals surface area contributed by atoms with Crippen LogP contribution in [0.1, 0.15) is 168 Å². The fraction of sp³-hybridized carbons (Fsp3) is 0.329. The summed E-state index contributed by atoms with van der Waals surface area (Å²) in [6, 6.07) is 13.2. The molecule has 0 saturated carbocycles. The second-order valence-electron chi connectivity index (χ2n) is 25.0. The van der Waals surface area contributed by atoms with Crippen LogP contribution in [0.15, 0.2) is 67.4 Å². The van der Waals surface area contributed by atoms with E-state index in [1.807, 2.05) is 37.9 Å². The Morgan fingerprint density at radius 1 is 0.271 bits per heavy atom. The Kier molecular flexibility index (Phi) is 15.5. The van der Waals surface area contributed by atoms with Crippen LogP contribution in [-0.2, 0) is 32.1 Å². The van der Waals surface area contributed by atoms with Crippen molar-refractivity contribution in [2.24, 2.45) is 0 Å². The smallest absolute Gasteiger partial charge is 0.0762 e. The molecule has 0 atom stereocenters. The van der Waals surface area contributed by atoms with Gasteiger partial charge in [-0.05, 0) is 280 Å². The number of hydrogen-bond acceptors (Lipinski definition) is 9. The molecule has 0 spiro atoms. The lowest BCUT2D eigenvalue weighted by atomic mass is 10.0. The normalized spacial score (nSPS) is 12.5. The van der Waals surface area contributed by atoms with Crippen LogP contribution in [0.3, 0.4) is 0 Å². The maximum Gasteiger partial charge on any atom is 0.0762 e. The first-order chi connectivity index (χ1) is 40.4. The quantitative estimate of drug-likeness (QED) is 0.146. The highest BCUT2D eigenvalue weighted by molar-refractivity contribution is 5.80. The van der Waals surface area contributed by atoms with Gasteiger partial charge in [-0.3, -0.25) is 44.9 Å². The molecule has 85 heavy (non-hydrogen) atoms. The van der Waals surface area contributed by atoms with Crippen LogP contribution in [0.25, 0.3) is 56.3 Å². The molecular weight excluding hydrogens is 1040 g/mol. The van der Waals surface area contributed by atoms with Crippen LogP contribution in [0.4, 0.5) is 0 Å². The second kappa shape index (κ2) is 22.5. The number of pyridine rings is 9. The molecule has 10 aromatic rings. The minimum Gasteiger partial charge on any atom is -0.260 e. The molecule has 0 N–H and O–H groups in total. The van der Waals surface area contributed by atoms with E-state index in [1.165, 1.54) is 179 Å². The van der Waals surface area contributed by atoms with Crippen molar-refractivity contribution in [3.8, 4) is 56.3 Å². The van der Waals surface area contributed by atoms with E-state index >= 15 is 0 Å². The van der Waals surface area contributed by atoms with E-state index in [4.69, 9.17) is 15.0 Å². The van der Waals surface area contributed by atoms with Gasteiger partial charge in [0.25, 0.3) is 0 Å². The van der Waals surface area contributed by atoms with Gasteiger partial charge in [0.1, 0.15) is 0 Å². The molecule has 0 saturated heterocycles. The summed E-state index contributed by atoms with van der Waals surface area (Å²) in [4.78, 5) is 41.8. The zero-order valence-corrected chi connectivity index (χ0v) is 53.9. The van der Waals surface area contributed by atoms with Gasteiger partial charge in [-0.15, -0.1) is 0 Å². The third kappa shape index (κ3) is 10.5. The van der Waals surface area contributed by atoms with Gasteiger partial charge in [0.2, 0.25) is 0 Å². The lowest BCUT2D eigenvalue weighted by molar-refractivity contribution is 1.04. The number of aromatic nitrogens is 9. The summed E-state index contributed by atoms with van der Waals surface area (Å²) in [5.41, 5.74) is 50.7. The van der Waals surface area contributed by atoms with Crippen LogP contribution in [0.2, 0.25) is 0 Å². The summed E-state index contributed by atoms with van der Waals surface area (Å²) in [6.07, 6.45) is 14.7. The van der Waals surface area contributed by atoms with Gasteiger partial charge < -0.3 is 0 Å². The van der Waals surface area contributed by atoms with Crippen molar-refractivity contribution in [3.05, 3.63) is 235 Å². The van der Waals surface area contributed by atoms with Gasteiger partial charge in [-0.25, -0.2) is 0 Å². The molecule has 9 aromatic heterocycles. The lowest BCUT2D eigenvalue weighted by Crippen LogP contribution is -1.97. The highest BCUT2D eigenvalue weighted by Crippen LogP contribution is 2.43. The van der Waals surface area contributed by atoms with Crippen molar-refractivity contribution in [2.45, 2.75) is 171 Å². The molecule has 0 aliphatic heterocycles. The molecule has 15 rings (SSSR count). The summed E-state index contributed by atoms with van der Waals surface area (Å²) < 4.78 is 0. The topological polar surface area (TPSA) is 116 Å². The third-order valence-corrected chi connectivity index (χ3v) is 19.4. The number of nitrogens with zero attached hydrogens (tertiary/aromatic N) is 9. The Hall–Kier alpha value is -8.43. The molecule has 0 bridgehead atoms. The molecule has 1 aromatic carbocycles. The molecule has 0 unspecified atom stereocenters. The summed E-state index contributed by atoms with van der Waals surface area (Å²) in [5.74, 6) is 0. The minimum absolute atomic E-state index is 0.935. The first-order valence-corrected chi connectivity index (χ1v) is 30.1. The molecule has 0 radical (unpaired) electrons. The van der Waals surface area contributed by atoms with Crippen LogP contribution in [-0.4, -0.2) is 44.9 Å². The largest absolute Gasteiger partial charge is 0.260 e. The predicted octanol–water partition coefficient (Wildman–Crippen LogP) is 17.0. The number of hydrogen-bond donors (Lipinski definition) is 0. The minimum atomic E-state index is 0.935. The van der Waals surface area contributed by atoms with Gasteiger partial charge >= 0.3 is 0 Å². The van der Waals surface area contributed by atoms with Crippen molar-refractivity contribution in [1.29, 1.82) is 0 Å². The maximum absolute atomic E-state index is 4.76. The summed E-state index contributed by atoms with van der Waals surface area (Å²) in [7, 11) is 0. The van der Waals surface area contributed by atoms with E-state index in [0.29, 0.717) is 0 Å². The van der Waals surface area contributed by atoms with Crippen molar-refractivity contribution in [1.82, 2.24) is 44.9 Å². The molecule has 9 heterocycles. The van der Waals surface area contributed by atoms with Gasteiger partial charge in [-0.1, -0.05) is 17.7 Å². The van der Waals surface area contributed by atoms with Gasteiger partial charge in [0.15, 0.2) is 0 Å². The first kappa shape index (κ1) is 58.3. The Labute approximate surface area is 504 Å². The van der Waals surface area contributed by atoms with Gasteiger partial charge in [-0.2, -0.15) is 0 Å². The van der Waals surface area contributed by atoms with E-state index in [1.54, 1.807) is 0 Å². The third-order valence-electron chi connectivity index (χ3n) is 19.4. The van der Waals surface area contributed by atoms with Crippen LogP contribution < -0.4 is 0 Å². The fourth-order valence-electron chi connectivity index (χ4n) is 13.0. The predicted molar refractivity (Wildman–Crippen MR) is 348 cm³/mol. The zero-order valence-electron chi connectivity index (χ0n) is 53.9. The van der Waals surface area contributed by atoms with E-state index in [9.17, 15) is 0 Å². The number of benzene rings is 1. The Balaban J connectivity index is 0.000000111. The monoisotopic (exact) mass is 1120 g/mol. The van der Waals surface area contributed by atoms with Crippen molar-refractivity contribution < 1.29 is 0 Å². The standard InChI is InChI=1S/C16H17N.4C15H16N2/c1-9-5-10(2)15-13(6-9)7-14-12(4)11(3)8-17-16(14)15;1-8-7-17-15-12(10(8)3)5-13-14(15)11(4)9(2)6-16-13;1-8-5-13-14(17-11(8)4)6-12-10(3)9(2)7-16-15(12)13;1-8-5-13-14(16-7-8)6-12-10(3)9(2)11(4)17-15(12)13;1-8-5-6-12-14(16-8)7-13-10(3)9(2)11(4)17-15(12)13/h5-6,8H,7H2,1-4H3;6-7H,5H2,1-4H3;2*5,7H,6H2,1-4H3;5-6H,7H2,1-4H3. The van der Waals surface area contributed by atoms with E-state index in [-0.39, 0.29) is 0 Å². The average Bonchev–Trinajstić information content (AvgIpc) is 2.80. The zero-order chi connectivity index (χ0) is 60.8. The van der Waals surface area contributed by atoms with Crippen LogP contribution in [0, 0.1) is 138 Å². The molecule has 0 fully saturated rings. The number of aryl methyl sites for hydroxylation is 12. The van der Waals surface area contributed by atoms with Crippen molar-refractivity contribution in [3.63, 3.8) is 0 Å². The molecule has 5 aliphatic carbocycles. The Bertz CT molecular complexity index is 4450. The first-order valence-electron chi connectivity index (χ1n) is 30.1. The summed E-state index contributed by atoms with van der Waals surface area (Å²) in [6.45, 7) is 42.8. The fourth-order valence-corrected chi connectivity index (χ4v) is 13.0. The summed E-state index contributed by atoms with van der Waals surface area (Å²) in [5, 5.41) is 0. The number of fused-ring (bicyclic) bond motifs is 15. The van der Waals surface area contributed by atoms with Gasteiger partial charge in [0.05, 0.1) is 51.2 Å². The van der Waals surface area contributed by atoms with Crippen molar-refractivity contribution in [2.75, 3.05) is 0 Å². The average molecular weight is 1120 g/mol. The van der Waals surface area contributed by atoms with Gasteiger partial charge in [0, 0.05) is 114 Å². The Morgan fingerprint density at radius 2 is 0.729 bits per heavy atom. The molecule has 430 valence electrons. The SMILES string of the molecule is Cc1cc(C)c2c(c1)Cc1c-2ncc(C)c1C.Cc1cc2c(nc1C)Cc1c-2ncc(C)c1C.Cc1ccc2c(n1)Cc1c-2nc(C)c(C)c1C.Cc1cnc2c(c1)-c1nc(C)c(C)c(C)c1C2.Cc1cnc2c(c1C)Cc1ncc(C)c(C)c1-2. The molecule has 9 nitrogen and oxygen atoms in total. The highest BCUT2D eigenvalue weighted by Gasteiger charge is 2.29. The maximum atomic E-state index is 4.76. The van der Waals surface area contributed by atoms with E-state index in [0.717, 1.165) is 77.7 Å². The molecule has 0 amide bonds. The molecule has 5 aliphatic rings. The number of rotatable bonds is 0. The lowest BCUT2D eigenvalue weighted by Gasteiger charge is -2.10. The second-order valence-corrected chi connectivity index (χ2v) is 25.0. The molecular formula is C76H81N9. The molecule has 9 heteroatoms.